The molecule has 0 aliphatic carbocycles. The topological polar surface area (TPSA) is 49.2 Å². The van der Waals surface area contributed by atoms with Crippen LogP contribution in [0.5, 0.6) is 0 Å². The molecule has 2 fully saturated rings. The highest BCUT2D eigenvalue weighted by Crippen LogP contribution is 2.37. The van der Waals surface area contributed by atoms with E-state index in [0.29, 0.717) is 12.1 Å². The molecule has 1 aromatic rings. The molecule has 3 heterocycles. The van der Waals surface area contributed by atoms with Gasteiger partial charge in [0.15, 0.2) is 0 Å². The SMILES string of the molecule is Cc1cc(C)nc(N2[C@H]3CC[C@H]2CC(O)C3)n1. The summed E-state index contributed by atoms with van der Waals surface area (Å²) >= 11 is 0. The number of aliphatic hydroxyl groups is 1. The van der Waals surface area contributed by atoms with Crippen molar-refractivity contribution in [3.8, 4) is 0 Å². The highest BCUT2D eigenvalue weighted by atomic mass is 16.3. The highest BCUT2D eigenvalue weighted by Gasteiger charge is 2.41. The van der Waals surface area contributed by atoms with Gasteiger partial charge in [0.2, 0.25) is 5.95 Å². The third-order valence-electron chi connectivity index (χ3n) is 3.91. The number of piperidine rings is 1. The molecule has 2 atom stereocenters. The van der Waals surface area contributed by atoms with Gasteiger partial charge in [0.25, 0.3) is 0 Å². The summed E-state index contributed by atoms with van der Waals surface area (Å²) in [7, 11) is 0. The minimum atomic E-state index is -0.130. The fourth-order valence-electron chi connectivity index (χ4n) is 3.30. The number of hydrogen-bond donors (Lipinski definition) is 1. The van der Waals surface area contributed by atoms with Crippen molar-refractivity contribution in [3.63, 3.8) is 0 Å². The van der Waals surface area contributed by atoms with Crippen LogP contribution in [0.3, 0.4) is 0 Å². The second-order valence-electron chi connectivity index (χ2n) is 5.37. The average molecular weight is 233 g/mol. The van der Waals surface area contributed by atoms with Crippen molar-refractivity contribution in [3.05, 3.63) is 17.5 Å². The Morgan fingerprint density at radius 3 is 2.18 bits per heavy atom. The molecule has 4 nitrogen and oxygen atoms in total. The predicted octanol–water partition coefficient (Wildman–Crippen LogP) is 1.59. The summed E-state index contributed by atoms with van der Waals surface area (Å²) in [6.07, 6.45) is 3.94. The molecule has 2 bridgehead atoms. The molecular weight excluding hydrogens is 214 g/mol. The maximum Gasteiger partial charge on any atom is 0.226 e. The molecular formula is C13H19N3O. The predicted molar refractivity (Wildman–Crippen MR) is 66.0 cm³/mol. The monoisotopic (exact) mass is 233 g/mol. The molecule has 2 aliphatic heterocycles. The maximum absolute atomic E-state index is 9.80. The van der Waals surface area contributed by atoms with E-state index in [0.717, 1.165) is 43.0 Å². The number of aliphatic hydroxyl groups excluding tert-OH is 1. The van der Waals surface area contributed by atoms with Crippen LogP contribution in [0.15, 0.2) is 6.07 Å². The summed E-state index contributed by atoms with van der Waals surface area (Å²) in [4.78, 5) is 11.5. The molecule has 4 heteroatoms. The third-order valence-corrected chi connectivity index (χ3v) is 3.91. The van der Waals surface area contributed by atoms with Gasteiger partial charge in [-0.15, -0.1) is 0 Å². The van der Waals surface area contributed by atoms with E-state index in [1.807, 2.05) is 19.9 Å². The van der Waals surface area contributed by atoms with Crippen LogP contribution in [0.1, 0.15) is 37.1 Å². The Morgan fingerprint density at radius 1 is 1.12 bits per heavy atom. The molecule has 0 aromatic carbocycles. The lowest BCUT2D eigenvalue weighted by atomic mass is 10.0. The standard InChI is InChI=1S/C13H19N3O/c1-8-5-9(2)15-13(14-8)16-10-3-4-11(16)7-12(17)6-10/h5,10-12,17H,3-4,6-7H2,1-2H3/t10-,11-/m0/s1. The Hall–Kier alpha value is -1.16. The number of hydrogen-bond acceptors (Lipinski definition) is 4. The minimum absolute atomic E-state index is 0.130. The molecule has 2 aliphatic rings. The number of fused-ring (bicyclic) bond motifs is 2. The zero-order valence-corrected chi connectivity index (χ0v) is 10.4. The summed E-state index contributed by atoms with van der Waals surface area (Å²) in [5.74, 6) is 0.863. The summed E-state index contributed by atoms with van der Waals surface area (Å²) in [5.41, 5.74) is 2.05. The van der Waals surface area contributed by atoms with Crippen molar-refractivity contribution in [1.29, 1.82) is 0 Å². The molecule has 2 saturated heterocycles. The van der Waals surface area contributed by atoms with Crippen LogP contribution in [0.25, 0.3) is 0 Å². The van der Waals surface area contributed by atoms with Crippen LogP contribution in [0.4, 0.5) is 5.95 Å². The lowest BCUT2D eigenvalue weighted by Gasteiger charge is -2.37. The molecule has 17 heavy (non-hydrogen) atoms. The fraction of sp³-hybridized carbons (Fsp3) is 0.692. The van der Waals surface area contributed by atoms with Gasteiger partial charge in [0.1, 0.15) is 0 Å². The first-order valence-corrected chi connectivity index (χ1v) is 6.42. The molecule has 0 unspecified atom stereocenters. The average Bonchev–Trinajstić information content (AvgIpc) is 2.50. The van der Waals surface area contributed by atoms with E-state index in [2.05, 4.69) is 14.9 Å². The van der Waals surface area contributed by atoms with Crippen LogP contribution in [0.2, 0.25) is 0 Å². The molecule has 0 radical (unpaired) electrons. The summed E-state index contributed by atoms with van der Waals surface area (Å²) in [5, 5.41) is 9.80. The van der Waals surface area contributed by atoms with Crippen molar-refractivity contribution in [1.82, 2.24) is 9.97 Å². The Bertz CT molecular complexity index is 400. The van der Waals surface area contributed by atoms with Crippen LogP contribution >= 0.6 is 0 Å². The number of anilines is 1. The fourth-order valence-corrected chi connectivity index (χ4v) is 3.30. The van der Waals surface area contributed by atoms with Crippen molar-refractivity contribution in [2.24, 2.45) is 0 Å². The lowest BCUT2D eigenvalue weighted by Crippen LogP contribution is -2.45. The van der Waals surface area contributed by atoms with Crippen molar-refractivity contribution in [2.75, 3.05) is 4.90 Å². The van der Waals surface area contributed by atoms with Gasteiger partial charge in [-0.1, -0.05) is 0 Å². The van der Waals surface area contributed by atoms with Gasteiger partial charge >= 0.3 is 0 Å². The second-order valence-corrected chi connectivity index (χ2v) is 5.37. The first-order chi connectivity index (χ1) is 8.13. The van der Waals surface area contributed by atoms with Crippen molar-refractivity contribution >= 4 is 5.95 Å². The van der Waals surface area contributed by atoms with Gasteiger partial charge in [-0.2, -0.15) is 0 Å². The number of rotatable bonds is 1. The van der Waals surface area contributed by atoms with E-state index in [1.165, 1.54) is 0 Å². The van der Waals surface area contributed by atoms with Gasteiger partial charge in [-0.25, -0.2) is 9.97 Å². The van der Waals surface area contributed by atoms with E-state index in [1.54, 1.807) is 0 Å². The second kappa shape index (κ2) is 3.95. The molecule has 92 valence electrons. The van der Waals surface area contributed by atoms with Crippen LogP contribution < -0.4 is 4.90 Å². The zero-order chi connectivity index (χ0) is 12.0. The van der Waals surface area contributed by atoms with E-state index in [9.17, 15) is 5.11 Å². The molecule has 0 amide bonds. The van der Waals surface area contributed by atoms with Crippen LogP contribution in [-0.4, -0.2) is 33.3 Å². The number of aryl methyl sites for hydroxylation is 2. The van der Waals surface area contributed by atoms with Crippen LogP contribution in [0, 0.1) is 13.8 Å². The molecule has 3 rings (SSSR count). The van der Waals surface area contributed by atoms with Crippen molar-refractivity contribution < 1.29 is 5.11 Å². The maximum atomic E-state index is 9.80. The normalized spacial score (nSPS) is 31.9. The van der Waals surface area contributed by atoms with Gasteiger partial charge in [0, 0.05) is 23.5 Å². The van der Waals surface area contributed by atoms with Crippen LogP contribution in [-0.2, 0) is 0 Å². The Morgan fingerprint density at radius 2 is 1.65 bits per heavy atom. The summed E-state index contributed by atoms with van der Waals surface area (Å²) in [6, 6.07) is 2.87. The molecule has 0 saturated carbocycles. The summed E-state index contributed by atoms with van der Waals surface area (Å²) < 4.78 is 0. The Labute approximate surface area is 102 Å². The molecule has 1 N–H and O–H groups in total. The van der Waals surface area contributed by atoms with Gasteiger partial charge < -0.3 is 10.0 Å². The van der Waals surface area contributed by atoms with E-state index in [4.69, 9.17) is 0 Å². The zero-order valence-electron chi connectivity index (χ0n) is 10.4. The number of nitrogens with zero attached hydrogens (tertiary/aromatic N) is 3. The smallest absolute Gasteiger partial charge is 0.226 e. The molecule has 1 aromatic heterocycles. The number of aromatic nitrogens is 2. The van der Waals surface area contributed by atoms with E-state index >= 15 is 0 Å². The minimum Gasteiger partial charge on any atom is -0.393 e. The third kappa shape index (κ3) is 1.90. The molecule has 0 spiro atoms. The van der Waals surface area contributed by atoms with E-state index in [-0.39, 0.29) is 6.10 Å². The first kappa shape index (κ1) is 11.0. The van der Waals surface area contributed by atoms with E-state index < -0.39 is 0 Å². The van der Waals surface area contributed by atoms with Gasteiger partial charge in [-0.05, 0) is 45.6 Å². The van der Waals surface area contributed by atoms with Crippen molar-refractivity contribution in [2.45, 2.75) is 57.7 Å². The highest BCUT2D eigenvalue weighted by molar-refractivity contribution is 5.38. The van der Waals surface area contributed by atoms with Gasteiger partial charge in [-0.3, -0.25) is 0 Å². The quantitative estimate of drug-likeness (QED) is 0.800. The summed E-state index contributed by atoms with van der Waals surface area (Å²) in [6.45, 7) is 4.03. The lowest BCUT2D eigenvalue weighted by molar-refractivity contribution is 0.125. The Kier molecular flexibility index (Phi) is 2.54. The largest absolute Gasteiger partial charge is 0.393 e. The first-order valence-electron chi connectivity index (χ1n) is 6.42. The van der Waals surface area contributed by atoms with Gasteiger partial charge in [0.05, 0.1) is 6.10 Å². The Balaban J connectivity index is 1.94.